The molecule has 0 bridgehead atoms. The fraction of sp³-hybridized carbons (Fsp3) is 0.364. The molecule has 156 valence electrons. The lowest BCUT2D eigenvalue weighted by molar-refractivity contribution is -0.118. The smallest absolute Gasteiger partial charge is 0.239 e. The number of nitriles is 3. The van der Waals surface area contributed by atoms with E-state index in [1.54, 1.807) is 18.2 Å². The Morgan fingerprint density at radius 2 is 2.03 bits per heavy atom. The van der Waals surface area contributed by atoms with E-state index in [1.165, 1.54) is 0 Å². The standard InChI is InChI=1S/C22H18ClN5O3/c1-28-5-4-14-15(8-24)21(27-19(29)7-23)22(10-25,11-26)20(16(14)9-28)13-2-3-17-18(6-13)31-12-30-17/h2-4,6,16,20H,5,7,9,12H2,1H3,(H,27,29). The van der Waals surface area contributed by atoms with Crippen LogP contribution in [0.1, 0.15) is 11.5 Å². The molecule has 0 saturated heterocycles. The molecule has 31 heavy (non-hydrogen) atoms. The number of benzene rings is 1. The number of carbonyl (C=O) groups is 1. The molecule has 2 aliphatic heterocycles. The molecule has 1 amide bonds. The van der Waals surface area contributed by atoms with E-state index in [9.17, 15) is 20.6 Å². The molecule has 1 aliphatic carbocycles. The van der Waals surface area contributed by atoms with Gasteiger partial charge in [0.25, 0.3) is 0 Å². The average Bonchev–Trinajstić information content (AvgIpc) is 3.26. The van der Waals surface area contributed by atoms with Crippen LogP contribution in [0.15, 0.2) is 41.1 Å². The van der Waals surface area contributed by atoms with Crippen molar-refractivity contribution in [1.82, 2.24) is 10.2 Å². The predicted molar refractivity (Wildman–Crippen MR) is 110 cm³/mol. The van der Waals surface area contributed by atoms with Gasteiger partial charge in [0.05, 0.1) is 23.4 Å². The number of hydrogen-bond acceptors (Lipinski definition) is 7. The highest BCUT2D eigenvalue weighted by Gasteiger charge is 2.55. The monoisotopic (exact) mass is 435 g/mol. The molecule has 0 radical (unpaired) electrons. The summed E-state index contributed by atoms with van der Waals surface area (Å²) in [5.74, 6) is -0.818. The number of rotatable bonds is 3. The lowest BCUT2D eigenvalue weighted by Gasteiger charge is -2.45. The van der Waals surface area contributed by atoms with Gasteiger partial charge in [-0.3, -0.25) is 4.79 Å². The van der Waals surface area contributed by atoms with Gasteiger partial charge in [-0.25, -0.2) is 0 Å². The minimum Gasteiger partial charge on any atom is -0.454 e. The number of carbonyl (C=O) groups excluding carboxylic acids is 1. The summed E-state index contributed by atoms with van der Waals surface area (Å²) in [6.07, 6.45) is 1.91. The quantitative estimate of drug-likeness (QED) is 0.721. The van der Waals surface area contributed by atoms with E-state index in [0.717, 1.165) is 0 Å². The molecule has 1 aromatic rings. The van der Waals surface area contributed by atoms with E-state index in [4.69, 9.17) is 21.1 Å². The fourth-order valence-corrected chi connectivity index (χ4v) is 4.67. The summed E-state index contributed by atoms with van der Waals surface area (Å²) in [6.45, 7) is 1.24. The number of halogens is 1. The molecule has 2 atom stereocenters. The van der Waals surface area contributed by atoms with Crippen LogP contribution in [0.3, 0.4) is 0 Å². The Morgan fingerprint density at radius 3 is 2.71 bits per heavy atom. The molecule has 2 unspecified atom stereocenters. The second-order valence-electron chi connectivity index (χ2n) is 7.65. The van der Waals surface area contributed by atoms with Gasteiger partial charge in [-0.15, -0.1) is 11.6 Å². The van der Waals surface area contributed by atoms with Gasteiger partial charge in [0.15, 0.2) is 16.9 Å². The van der Waals surface area contributed by atoms with Crippen LogP contribution in [-0.4, -0.2) is 43.6 Å². The zero-order chi connectivity index (χ0) is 22.2. The highest BCUT2D eigenvalue weighted by atomic mass is 35.5. The number of nitrogens with one attached hydrogen (secondary N) is 1. The summed E-state index contributed by atoms with van der Waals surface area (Å²) in [6, 6.07) is 11.7. The van der Waals surface area contributed by atoms with Gasteiger partial charge >= 0.3 is 0 Å². The highest BCUT2D eigenvalue weighted by Crippen LogP contribution is 2.55. The van der Waals surface area contributed by atoms with E-state index in [2.05, 4.69) is 28.4 Å². The summed E-state index contributed by atoms with van der Waals surface area (Å²) < 4.78 is 10.9. The molecule has 2 heterocycles. The maximum Gasteiger partial charge on any atom is 0.239 e. The van der Waals surface area contributed by atoms with Crippen molar-refractivity contribution in [3.05, 3.63) is 46.7 Å². The molecule has 8 nitrogen and oxygen atoms in total. The molecule has 9 heteroatoms. The molecule has 1 N–H and O–H groups in total. The van der Waals surface area contributed by atoms with Crippen LogP contribution in [0.5, 0.6) is 11.5 Å². The summed E-state index contributed by atoms with van der Waals surface area (Å²) in [5, 5.41) is 33.2. The lowest BCUT2D eigenvalue weighted by atomic mass is 9.58. The van der Waals surface area contributed by atoms with Gasteiger partial charge in [0.1, 0.15) is 11.9 Å². The Kier molecular flexibility index (Phi) is 5.33. The Morgan fingerprint density at radius 1 is 1.29 bits per heavy atom. The summed E-state index contributed by atoms with van der Waals surface area (Å²) >= 11 is 5.68. The third-order valence-electron chi connectivity index (χ3n) is 5.94. The molecule has 0 fully saturated rings. The van der Waals surface area contributed by atoms with Crippen LogP contribution < -0.4 is 14.8 Å². The molecular formula is C22H18ClN5O3. The Hall–Kier alpha value is -3.51. The molecule has 3 aliphatic rings. The number of allylic oxidation sites excluding steroid dienone is 2. The van der Waals surface area contributed by atoms with Gasteiger partial charge in [-0.2, -0.15) is 15.8 Å². The minimum absolute atomic E-state index is 0.0135. The van der Waals surface area contributed by atoms with Crippen molar-refractivity contribution in [2.24, 2.45) is 11.3 Å². The third kappa shape index (κ3) is 3.20. The number of fused-ring (bicyclic) bond motifs is 2. The topological polar surface area (TPSA) is 122 Å². The lowest BCUT2D eigenvalue weighted by Crippen LogP contribution is -2.49. The Balaban J connectivity index is 1.99. The zero-order valence-corrected chi connectivity index (χ0v) is 17.4. The van der Waals surface area contributed by atoms with Crippen LogP contribution in [-0.2, 0) is 4.79 Å². The highest BCUT2D eigenvalue weighted by molar-refractivity contribution is 6.27. The second-order valence-corrected chi connectivity index (χ2v) is 7.92. The minimum atomic E-state index is -1.80. The second kappa shape index (κ2) is 7.96. The third-order valence-corrected chi connectivity index (χ3v) is 6.18. The summed E-state index contributed by atoms with van der Waals surface area (Å²) in [7, 11) is 1.94. The normalized spacial score (nSPS) is 23.6. The number of alkyl halides is 1. The van der Waals surface area contributed by atoms with Crippen molar-refractivity contribution in [1.29, 1.82) is 15.8 Å². The van der Waals surface area contributed by atoms with Crippen LogP contribution in [0, 0.1) is 45.3 Å². The van der Waals surface area contributed by atoms with Gasteiger partial charge in [-0.1, -0.05) is 12.1 Å². The van der Waals surface area contributed by atoms with Gasteiger partial charge < -0.3 is 19.7 Å². The van der Waals surface area contributed by atoms with Crippen LogP contribution >= 0.6 is 11.6 Å². The largest absolute Gasteiger partial charge is 0.454 e. The first-order valence-corrected chi connectivity index (χ1v) is 10.1. The maximum atomic E-state index is 12.2. The molecule has 0 spiro atoms. The predicted octanol–water partition coefficient (Wildman–Crippen LogP) is 2.17. The van der Waals surface area contributed by atoms with E-state index in [0.29, 0.717) is 35.7 Å². The summed E-state index contributed by atoms with van der Waals surface area (Å²) in [5.41, 5.74) is -0.264. The number of likely N-dealkylation sites (N-methyl/N-ethyl adjacent to an activating group) is 1. The van der Waals surface area contributed by atoms with Crippen molar-refractivity contribution in [2.45, 2.75) is 5.92 Å². The Bertz CT molecular complexity index is 1120. The van der Waals surface area contributed by atoms with Crippen molar-refractivity contribution in [3.8, 4) is 29.7 Å². The van der Waals surface area contributed by atoms with Crippen LogP contribution in [0.25, 0.3) is 0 Å². The molecule has 0 aromatic heterocycles. The number of amides is 1. The molecule has 4 rings (SSSR count). The number of hydrogen-bond donors (Lipinski definition) is 1. The first kappa shape index (κ1) is 20.8. The fourth-order valence-electron chi connectivity index (χ4n) is 4.60. The van der Waals surface area contributed by atoms with E-state index < -0.39 is 17.2 Å². The van der Waals surface area contributed by atoms with Gasteiger partial charge in [0.2, 0.25) is 12.7 Å². The molecular weight excluding hydrogens is 418 g/mol. The first-order chi connectivity index (χ1) is 15.0. The van der Waals surface area contributed by atoms with Crippen molar-refractivity contribution in [3.63, 3.8) is 0 Å². The van der Waals surface area contributed by atoms with Gasteiger partial charge in [-0.05, 0) is 30.3 Å². The van der Waals surface area contributed by atoms with Gasteiger partial charge in [0, 0.05) is 24.9 Å². The van der Waals surface area contributed by atoms with E-state index in [-0.39, 0.29) is 29.9 Å². The number of ether oxygens (including phenoxy) is 2. The van der Waals surface area contributed by atoms with E-state index in [1.807, 2.05) is 13.1 Å². The molecule has 0 saturated carbocycles. The van der Waals surface area contributed by atoms with Crippen molar-refractivity contribution >= 4 is 17.5 Å². The van der Waals surface area contributed by atoms with Crippen molar-refractivity contribution in [2.75, 3.05) is 32.8 Å². The maximum absolute atomic E-state index is 12.2. The summed E-state index contributed by atoms with van der Waals surface area (Å²) in [4.78, 5) is 14.3. The number of nitrogens with zero attached hydrogens (tertiary/aromatic N) is 4. The SMILES string of the molecule is CN1CC=C2C(C#N)=C(NC(=O)CCl)C(C#N)(C#N)C(c3ccc4c(c3)OCO4)C2C1. The molecule has 1 aromatic carbocycles. The van der Waals surface area contributed by atoms with E-state index >= 15 is 0 Å². The average molecular weight is 436 g/mol. The van der Waals surface area contributed by atoms with Crippen molar-refractivity contribution < 1.29 is 14.3 Å². The first-order valence-electron chi connectivity index (χ1n) is 9.60. The zero-order valence-electron chi connectivity index (χ0n) is 16.7. The van der Waals surface area contributed by atoms with Crippen LogP contribution in [0.4, 0.5) is 0 Å². The Labute approximate surface area is 184 Å². The van der Waals surface area contributed by atoms with Crippen LogP contribution in [0.2, 0.25) is 0 Å².